The van der Waals surface area contributed by atoms with E-state index in [-0.39, 0.29) is 5.91 Å². The fraction of sp³-hybridized carbons (Fsp3) is 0.308. The number of nitrogens with one attached hydrogen (secondary N) is 2. The third-order valence-electron chi connectivity index (χ3n) is 2.29. The van der Waals surface area contributed by atoms with Gasteiger partial charge in [-0.25, -0.2) is 0 Å². The number of hydrogen-bond acceptors (Lipinski definition) is 6. The van der Waals surface area contributed by atoms with Crippen molar-refractivity contribution in [3.8, 4) is 0 Å². The summed E-state index contributed by atoms with van der Waals surface area (Å²) in [6.07, 6.45) is 0. The molecule has 0 spiro atoms. The second-order valence-electron chi connectivity index (χ2n) is 4.49. The number of carbonyl (C=O) groups excluding carboxylic acids is 1. The molecule has 0 bridgehead atoms. The van der Waals surface area contributed by atoms with E-state index in [2.05, 4.69) is 36.8 Å². The Hall–Kier alpha value is -1.12. The van der Waals surface area contributed by atoms with Crippen molar-refractivity contribution >= 4 is 55.8 Å². The zero-order chi connectivity index (χ0) is 15.2. The summed E-state index contributed by atoms with van der Waals surface area (Å²) < 4.78 is 1.64. The Bertz CT molecular complexity index is 618. The van der Waals surface area contributed by atoms with Gasteiger partial charge in [0.2, 0.25) is 11.0 Å². The summed E-state index contributed by atoms with van der Waals surface area (Å²) in [5.41, 5.74) is 0.766. The fourth-order valence-electron chi connectivity index (χ4n) is 1.45. The van der Waals surface area contributed by atoms with Gasteiger partial charge < -0.3 is 10.6 Å². The van der Waals surface area contributed by atoms with Crippen molar-refractivity contribution in [1.29, 1.82) is 0 Å². The first-order valence-corrected chi connectivity index (χ1v) is 8.91. The van der Waals surface area contributed by atoms with Crippen molar-refractivity contribution in [2.75, 3.05) is 16.4 Å². The molecule has 1 aromatic heterocycles. The first-order chi connectivity index (χ1) is 10.0. The molecule has 0 radical (unpaired) electrons. The van der Waals surface area contributed by atoms with Gasteiger partial charge in [0.25, 0.3) is 0 Å². The maximum atomic E-state index is 11.9. The minimum absolute atomic E-state index is 0.0690. The standard InChI is InChI=1S/C13H15BrN4OS2/c1-8(2)15-12-17-18-13(21-12)20-7-11(19)16-10-6-4-3-5-9(10)14/h3-6,8H,7H2,1-2H3,(H,15,17)(H,16,19). The van der Waals surface area contributed by atoms with Crippen molar-refractivity contribution in [3.05, 3.63) is 28.7 Å². The molecule has 1 aromatic carbocycles. The molecule has 2 rings (SSSR count). The molecule has 1 amide bonds. The monoisotopic (exact) mass is 386 g/mol. The molecule has 0 unspecified atom stereocenters. The van der Waals surface area contributed by atoms with E-state index in [4.69, 9.17) is 0 Å². The summed E-state index contributed by atoms with van der Waals surface area (Å²) in [5, 5.41) is 14.9. The largest absolute Gasteiger partial charge is 0.358 e. The zero-order valence-corrected chi connectivity index (χ0v) is 14.8. The topological polar surface area (TPSA) is 66.9 Å². The lowest BCUT2D eigenvalue weighted by Gasteiger charge is -2.05. The van der Waals surface area contributed by atoms with Gasteiger partial charge in [0.15, 0.2) is 4.34 Å². The number of amides is 1. The maximum absolute atomic E-state index is 11.9. The van der Waals surface area contributed by atoms with E-state index in [1.54, 1.807) is 0 Å². The van der Waals surface area contributed by atoms with Crippen LogP contribution in [0.1, 0.15) is 13.8 Å². The molecule has 0 aliphatic carbocycles. The molecule has 112 valence electrons. The molecular weight excluding hydrogens is 372 g/mol. The number of carbonyl (C=O) groups is 1. The highest BCUT2D eigenvalue weighted by Gasteiger charge is 2.09. The molecule has 1 heterocycles. The highest BCUT2D eigenvalue weighted by atomic mass is 79.9. The van der Waals surface area contributed by atoms with Gasteiger partial charge in [0.1, 0.15) is 0 Å². The molecule has 0 saturated heterocycles. The van der Waals surface area contributed by atoms with Crippen LogP contribution in [0.2, 0.25) is 0 Å². The van der Waals surface area contributed by atoms with Gasteiger partial charge in [0.05, 0.1) is 11.4 Å². The first kappa shape index (κ1) is 16.3. The first-order valence-electron chi connectivity index (χ1n) is 6.32. The van der Waals surface area contributed by atoms with E-state index >= 15 is 0 Å². The minimum atomic E-state index is -0.0690. The highest BCUT2D eigenvalue weighted by molar-refractivity contribution is 9.10. The molecule has 8 heteroatoms. The van der Waals surface area contributed by atoms with Crippen LogP contribution >= 0.6 is 39.0 Å². The average molecular weight is 387 g/mol. The number of hydrogen-bond donors (Lipinski definition) is 2. The lowest BCUT2D eigenvalue weighted by atomic mass is 10.3. The zero-order valence-electron chi connectivity index (χ0n) is 11.6. The number of aromatic nitrogens is 2. The van der Waals surface area contributed by atoms with Crippen LogP contribution in [0.5, 0.6) is 0 Å². The Labute approximate surface area is 140 Å². The molecular formula is C13H15BrN4OS2. The van der Waals surface area contributed by atoms with Gasteiger partial charge in [-0.1, -0.05) is 35.2 Å². The smallest absolute Gasteiger partial charge is 0.234 e. The average Bonchev–Trinajstić information content (AvgIpc) is 2.86. The van der Waals surface area contributed by atoms with Gasteiger partial charge in [-0.15, -0.1) is 10.2 Å². The maximum Gasteiger partial charge on any atom is 0.234 e. The van der Waals surface area contributed by atoms with Crippen LogP contribution in [0.15, 0.2) is 33.1 Å². The second kappa shape index (κ2) is 7.77. The predicted octanol–water partition coefficient (Wildman–Crippen LogP) is 3.85. The molecule has 0 atom stereocenters. The number of thioether (sulfide) groups is 1. The third kappa shape index (κ3) is 5.29. The van der Waals surface area contributed by atoms with Crippen LogP contribution in [-0.4, -0.2) is 27.9 Å². The van der Waals surface area contributed by atoms with Crippen LogP contribution in [-0.2, 0) is 4.79 Å². The quantitative estimate of drug-likeness (QED) is 0.737. The van der Waals surface area contributed by atoms with E-state index < -0.39 is 0 Å². The number of benzene rings is 1. The van der Waals surface area contributed by atoms with E-state index in [1.165, 1.54) is 23.1 Å². The second-order valence-corrected chi connectivity index (χ2v) is 7.54. The Morgan fingerprint density at radius 1 is 1.38 bits per heavy atom. The number of para-hydroxylation sites is 1. The third-order valence-corrected chi connectivity index (χ3v) is 4.97. The number of halogens is 1. The van der Waals surface area contributed by atoms with Crippen molar-refractivity contribution in [1.82, 2.24) is 10.2 Å². The molecule has 0 saturated carbocycles. The molecule has 21 heavy (non-hydrogen) atoms. The molecule has 2 aromatic rings. The fourth-order valence-corrected chi connectivity index (χ4v) is 3.53. The summed E-state index contributed by atoms with van der Waals surface area (Å²) in [5.74, 6) is 0.234. The van der Waals surface area contributed by atoms with E-state index in [0.29, 0.717) is 11.8 Å². The number of anilines is 2. The molecule has 0 aliphatic heterocycles. The lowest BCUT2D eigenvalue weighted by Crippen LogP contribution is -2.14. The van der Waals surface area contributed by atoms with Crippen LogP contribution in [0, 0.1) is 0 Å². The van der Waals surface area contributed by atoms with Gasteiger partial charge in [-0.2, -0.15) is 0 Å². The lowest BCUT2D eigenvalue weighted by molar-refractivity contribution is -0.113. The Balaban J connectivity index is 1.84. The van der Waals surface area contributed by atoms with Crippen LogP contribution in [0.25, 0.3) is 0 Å². The highest BCUT2D eigenvalue weighted by Crippen LogP contribution is 2.26. The molecule has 2 N–H and O–H groups in total. The Morgan fingerprint density at radius 3 is 2.86 bits per heavy atom. The normalized spacial score (nSPS) is 10.7. The summed E-state index contributed by atoms with van der Waals surface area (Å²) in [6.45, 7) is 4.08. The van der Waals surface area contributed by atoms with E-state index in [1.807, 2.05) is 38.1 Å². The SMILES string of the molecule is CC(C)Nc1nnc(SCC(=O)Nc2ccccc2Br)s1. The van der Waals surface area contributed by atoms with Crippen molar-refractivity contribution in [3.63, 3.8) is 0 Å². The summed E-state index contributed by atoms with van der Waals surface area (Å²) in [4.78, 5) is 11.9. The van der Waals surface area contributed by atoms with Crippen LogP contribution in [0.3, 0.4) is 0 Å². The summed E-state index contributed by atoms with van der Waals surface area (Å²) in [6, 6.07) is 7.83. The van der Waals surface area contributed by atoms with Crippen molar-refractivity contribution in [2.45, 2.75) is 24.2 Å². The minimum Gasteiger partial charge on any atom is -0.358 e. The van der Waals surface area contributed by atoms with Crippen LogP contribution < -0.4 is 10.6 Å². The van der Waals surface area contributed by atoms with Gasteiger partial charge in [-0.05, 0) is 41.9 Å². The molecule has 5 nitrogen and oxygen atoms in total. The van der Waals surface area contributed by atoms with Crippen molar-refractivity contribution < 1.29 is 4.79 Å². The number of nitrogens with zero attached hydrogens (tertiary/aromatic N) is 2. The Kier molecular flexibility index (Phi) is 6.01. The van der Waals surface area contributed by atoms with Crippen LogP contribution in [0.4, 0.5) is 10.8 Å². The Morgan fingerprint density at radius 2 is 2.14 bits per heavy atom. The number of rotatable bonds is 6. The van der Waals surface area contributed by atoms with E-state index in [0.717, 1.165) is 19.6 Å². The predicted molar refractivity (Wildman–Crippen MR) is 92.2 cm³/mol. The van der Waals surface area contributed by atoms with Gasteiger partial charge in [-0.3, -0.25) is 4.79 Å². The molecule has 0 fully saturated rings. The van der Waals surface area contributed by atoms with Gasteiger partial charge >= 0.3 is 0 Å². The van der Waals surface area contributed by atoms with E-state index in [9.17, 15) is 4.79 Å². The van der Waals surface area contributed by atoms with Gasteiger partial charge in [0, 0.05) is 10.5 Å². The summed E-state index contributed by atoms with van der Waals surface area (Å²) in [7, 11) is 0. The summed E-state index contributed by atoms with van der Waals surface area (Å²) >= 11 is 6.23. The van der Waals surface area contributed by atoms with Crippen molar-refractivity contribution in [2.24, 2.45) is 0 Å². The molecule has 0 aliphatic rings.